The van der Waals surface area contributed by atoms with E-state index in [4.69, 9.17) is 4.74 Å². The van der Waals surface area contributed by atoms with E-state index >= 15 is 0 Å². The van der Waals surface area contributed by atoms with Crippen molar-refractivity contribution in [2.75, 3.05) is 6.61 Å². The SMILES string of the molecule is CCCCCCOCc1csc(CNC(C)C)n1. The van der Waals surface area contributed by atoms with Crippen molar-refractivity contribution in [2.45, 2.75) is 65.6 Å². The van der Waals surface area contributed by atoms with Crippen molar-refractivity contribution >= 4 is 11.3 Å². The second-order valence-corrected chi connectivity index (χ2v) is 5.82. The predicted molar refractivity (Wildman–Crippen MR) is 77.9 cm³/mol. The topological polar surface area (TPSA) is 34.1 Å². The molecule has 0 fully saturated rings. The Morgan fingerprint density at radius 1 is 1.33 bits per heavy atom. The third-order valence-electron chi connectivity index (χ3n) is 2.65. The maximum absolute atomic E-state index is 5.63. The average Bonchev–Trinajstić information content (AvgIpc) is 2.79. The van der Waals surface area contributed by atoms with Gasteiger partial charge in [0.2, 0.25) is 0 Å². The zero-order chi connectivity index (χ0) is 13.2. The second kappa shape index (κ2) is 9.48. The van der Waals surface area contributed by atoms with Crippen LogP contribution in [0.1, 0.15) is 57.2 Å². The fourth-order valence-electron chi connectivity index (χ4n) is 1.60. The van der Waals surface area contributed by atoms with Gasteiger partial charge in [-0.1, -0.05) is 40.0 Å². The van der Waals surface area contributed by atoms with Crippen LogP contribution < -0.4 is 5.32 Å². The fourth-order valence-corrected chi connectivity index (χ4v) is 2.32. The highest BCUT2D eigenvalue weighted by atomic mass is 32.1. The third-order valence-corrected chi connectivity index (χ3v) is 3.55. The Labute approximate surface area is 115 Å². The number of hydrogen-bond donors (Lipinski definition) is 1. The van der Waals surface area contributed by atoms with E-state index in [2.05, 4.69) is 36.5 Å². The van der Waals surface area contributed by atoms with Crippen molar-refractivity contribution in [3.63, 3.8) is 0 Å². The highest BCUT2D eigenvalue weighted by Crippen LogP contribution is 2.11. The summed E-state index contributed by atoms with van der Waals surface area (Å²) >= 11 is 1.71. The molecule has 0 aliphatic carbocycles. The van der Waals surface area contributed by atoms with Crippen molar-refractivity contribution in [1.82, 2.24) is 10.3 Å². The smallest absolute Gasteiger partial charge is 0.107 e. The molecule has 18 heavy (non-hydrogen) atoms. The molecule has 0 aromatic carbocycles. The summed E-state index contributed by atoms with van der Waals surface area (Å²) in [6.45, 7) is 8.89. The van der Waals surface area contributed by atoms with Gasteiger partial charge in [-0.15, -0.1) is 11.3 Å². The van der Waals surface area contributed by atoms with Gasteiger partial charge < -0.3 is 10.1 Å². The molecule has 0 atom stereocenters. The summed E-state index contributed by atoms with van der Waals surface area (Å²) < 4.78 is 5.63. The third kappa shape index (κ3) is 7.09. The van der Waals surface area contributed by atoms with Crippen molar-refractivity contribution in [2.24, 2.45) is 0 Å². The maximum Gasteiger partial charge on any atom is 0.107 e. The number of nitrogens with one attached hydrogen (secondary N) is 1. The maximum atomic E-state index is 5.63. The van der Waals surface area contributed by atoms with Gasteiger partial charge in [-0.25, -0.2) is 4.98 Å². The van der Waals surface area contributed by atoms with Gasteiger partial charge in [0, 0.05) is 24.6 Å². The van der Waals surface area contributed by atoms with Crippen LogP contribution >= 0.6 is 11.3 Å². The summed E-state index contributed by atoms with van der Waals surface area (Å²) in [7, 11) is 0. The predicted octanol–water partition coefficient (Wildman–Crippen LogP) is 3.74. The lowest BCUT2D eigenvalue weighted by atomic mass is 10.2. The molecule has 104 valence electrons. The first-order valence-corrected chi connectivity index (χ1v) is 7.84. The number of nitrogens with zero attached hydrogens (tertiary/aromatic N) is 1. The Bertz CT molecular complexity index is 312. The van der Waals surface area contributed by atoms with Gasteiger partial charge in [0.1, 0.15) is 5.01 Å². The normalized spacial score (nSPS) is 11.3. The van der Waals surface area contributed by atoms with Gasteiger partial charge in [-0.05, 0) is 6.42 Å². The zero-order valence-electron chi connectivity index (χ0n) is 11.9. The molecule has 1 rings (SSSR count). The average molecular weight is 270 g/mol. The zero-order valence-corrected chi connectivity index (χ0v) is 12.7. The van der Waals surface area contributed by atoms with Gasteiger partial charge in [0.25, 0.3) is 0 Å². The minimum atomic E-state index is 0.507. The van der Waals surface area contributed by atoms with Crippen molar-refractivity contribution in [1.29, 1.82) is 0 Å². The monoisotopic (exact) mass is 270 g/mol. The summed E-state index contributed by atoms with van der Waals surface area (Å²) in [5.74, 6) is 0. The summed E-state index contributed by atoms with van der Waals surface area (Å²) in [6, 6.07) is 0.507. The van der Waals surface area contributed by atoms with Crippen LogP contribution in [0.25, 0.3) is 0 Å². The molecule has 4 heteroatoms. The molecule has 0 bridgehead atoms. The van der Waals surface area contributed by atoms with Crippen molar-refractivity contribution in [3.8, 4) is 0 Å². The van der Waals surface area contributed by atoms with Gasteiger partial charge >= 0.3 is 0 Å². The van der Waals surface area contributed by atoms with E-state index in [9.17, 15) is 0 Å². The molecule has 1 aromatic rings. The standard InChI is InChI=1S/C14H26N2OS/c1-4-5-6-7-8-17-10-13-11-18-14(16-13)9-15-12(2)3/h11-12,15H,4-10H2,1-3H3. The van der Waals surface area contributed by atoms with E-state index in [1.165, 1.54) is 25.7 Å². The highest BCUT2D eigenvalue weighted by Gasteiger charge is 2.02. The molecule has 1 heterocycles. The number of aromatic nitrogens is 1. The van der Waals surface area contributed by atoms with E-state index < -0.39 is 0 Å². The first-order chi connectivity index (χ1) is 8.72. The van der Waals surface area contributed by atoms with E-state index in [1.54, 1.807) is 11.3 Å². The van der Waals surface area contributed by atoms with Gasteiger partial charge in [-0.2, -0.15) is 0 Å². The molecule has 3 nitrogen and oxygen atoms in total. The van der Waals surface area contributed by atoms with E-state index in [0.29, 0.717) is 12.6 Å². The summed E-state index contributed by atoms with van der Waals surface area (Å²) in [5, 5.41) is 6.62. The number of unbranched alkanes of at least 4 members (excludes halogenated alkanes) is 3. The van der Waals surface area contributed by atoms with Gasteiger partial charge in [-0.3, -0.25) is 0 Å². The van der Waals surface area contributed by atoms with Crippen LogP contribution in [-0.4, -0.2) is 17.6 Å². The summed E-state index contributed by atoms with van der Waals surface area (Å²) in [5.41, 5.74) is 1.07. The lowest BCUT2D eigenvalue weighted by molar-refractivity contribution is 0.114. The fraction of sp³-hybridized carbons (Fsp3) is 0.786. The summed E-state index contributed by atoms with van der Waals surface area (Å²) in [4.78, 5) is 4.55. The Hall–Kier alpha value is -0.450. The van der Waals surface area contributed by atoms with Crippen molar-refractivity contribution < 1.29 is 4.74 Å². The number of hydrogen-bond acceptors (Lipinski definition) is 4. The largest absolute Gasteiger partial charge is 0.375 e. The molecule has 0 spiro atoms. The first kappa shape index (κ1) is 15.6. The van der Waals surface area contributed by atoms with Crippen LogP contribution in [0, 0.1) is 0 Å². The number of ether oxygens (including phenoxy) is 1. The lowest BCUT2D eigenvalue weighted by Gasteiger charge is -2.04. The van der Waals surface area contributed by atoms with E-state index in [0.717, 1.165) is 23.9 Å². The summed E-state index contributed by atoms with van der Waals surface area (Å²) in [6.07, 6.45) is 5.03. The van der Waals surface area contributed by atoms with Crippen LogP contribution in [0.5, 0.6) is 0 Å². The molecule has 0 amide bonds. The molecule has 0 saturated heterocycles. The van der Waals surface area contributed by atoms with E-state index in [-0.39, 0.29) is 0 Å². The quantitative estimate of drug-likeness (QED) is 0.658. The van der Waals surface area contributed by atoms with E-state index in [1.807, 2.05) is 0 Å². The Morgan fingerprint density at radius 3 is 2.89 bits per heavy atom. The minimum Gasteiger partial charge on any atom is -0.375 e. The molecule has 0 aliphatic rings. The van der Waals surface area contributed by atoms with Gasteiger partial charge in [0.15, 0.2) is 0 Å². The molecule has 0 radical (unpaired) electrons. The molecular formula is C14H26N2OS. The molecule has 1 aromatic heterocycles. The molecule has 0 aliphatic heterocycles. The Kier molecular flexibility index (Phi) is 8.22. The molecule has 0 unspecified atom stereocenters. The van der Waals surface area contributed by atoms with Crippen LogP contribution in [-0.2, 0) is 17.9 Å². The second-order valence-electron chi connectivity index (χ2n) is 4.88. The lowest BCUT2D eigenvalue weighted by Crippen LogP contribution is -2.21. The highest BCUT2D eigenvalue weighted by molar-refractivity contribution is 7.09. The Balaban J connectivity index is 2.11. The minimum absolute atomic E-state index is 0.507. The number of rotatable bonds is 10. The van der Waals surface area contributed by atoms with Crippen LogP contribution in [0.3, 0.4) is 0 Å². The van der Waals surface area contributed by atoms with Crippen LogP contribution in [0.2, 0.25) is 0 Å². The van der Waals surface area contributed by atoms with Crippen LogP contribution in [0.4, 0.5) is 0 Å². The molecule has 1 N–H and O–H groups in total. The molecule has 0 saturated carbocycles. The van der Waals surface area contributed by atoms with Crippen LogP contribution in [0.15, 0.2) is 5.38 Å². The molecular weight excluding hydrogens is 244 g/mol. The Morgan fingerprint density at radius 2 is 2.17 bits per heavy atom. The van der Waals surface area contributed by atoms with Crippen molar-refractivity contribution in [3.05, 3.63) is 16.1 Å². The number of thiazole rings is 1. The first-order valence-electron chi connectivity index (χ1n) is 6.96. The van der Waals surface area contributed by atoms with Gasteiger partial charge in [0.05, 0.1) is 12.3 Å².